The van der Waals surface area contributed by atoms with E-state index >= 15 is 0 Å². The molecule has 0 fully saturated rings. The Hall–Kier alpha value is -4.17. The van der Waals surface area contributed by atoms with Crippen LogP contribution in [-0.2, 0) is 24.2 Å². The summed E-state index contributed by atoms with van der Waals surface area (Å²) in [6, 6.07) is 24.8. The maximum Gasteiger partial charge on any atom is 0.220 e. The first-order valence-corrected chi connectivity index (χ1v) is 11.5. The number of aromatic nitrogens is 2. The summed E-state index contributed by atoms with van der Waals surface area (Å²) >= 11 is 0. The molecule has 2 aromatic heterocycles. The van der Waals surface area contributed by atoms with Crippen LogP contribution in [0.5, 0.6) is 0 Å². The molecule has 0 atom stereocenters. The minimum atomic E-state index is 0.0157. The summed E-state index contributed by atoms with van der Waals surface area (Å²) < 4.78 is 2.23. The van der Waals surface area contributed by atoms with Gasteiger partial charge in [-0.25, -0.2) is 0 Å². The molecule has 4 aromatic rings. The van der Waals surface area contributed by atoms with Crippen LogP contribution in [0, 0.1) is 25.2 Å². The molecule has 34 heavy (non-hydrogen) atoms. The number of benzene rings is 2. The molecule has 0 unspecified atom stereocenters. The molecule has 1 amide bonds. The molecule has 0 aliphatic heterocycles. The molecule has 0 aliphatic rings. The molecule has 4 rings (SSSR count). The summed E-state index contributed by atoms with van der Waals surface area (Å²) in [5.41, 5.74) is 8.81. The first kappa shape index (κ1) is 23.0. The van der Waals surface area contributed by atoms with Crippen LogP contribution in [0.4, 0.5) is 0 Å². The van der Waals surface area contributed by atoms with Gasteiger partial charge in [-0.1, -0.05) is 35.9 Å². The van der Waals surface area contributed by atoms with Gasteiger partial charge in [0.05, 0.1) is 18.2 Å². The smallest absolute Gasteiger partial charge is 0.220 e. The molecule has 0 radical (unpaired) electrons. The van der Waals surface area contributed by atoms with Crippen LogP contribution in [-0.4, -0.2) is 15.5 Å². The van der Waals surface area contributed by atoms with Crippen LogP contribution in [0.15, 0.2) is 79.1 Å². The Morgan fingerprint density at radius 2 is 1.74 bits per heavy atom. The Kier molecular flexibility index (Phi) is 7.19. The number of hydrogen-bond acceptors (Lipinski definition) is 3. The van der Waals surface area contributed by atoms with Crippen molar-refractivity contribution in [2.24, 2.45) is 0 Å². The minimum Gasteiger partial charge on any atom is -0.352 e. The van der Waals surface area contributed by atoms with Crippen LogP contribution in [0.1, 0.15) is 34.4 Å². The topological polar surface area (TPSA) is 70.7 Å². The van der Waals surface area contributed by atoms with Gasteiger partial charge >= 0.3 is 0 Å². The first-order chi connectivity index (χ1) is 16.5. The van der Waals surface area contributed by atoms with E-state index in [1.807, 2.05) is 36.4 Å². The minimum absolute atomic E-state index is 0.0157. The molecule has 0 aliphatic carbocycles. The number of rotatable bonds is 8. The van der Waals surface area contributed by atoms with Gasteiger partial charge in [0.15, 0.2) is 0 Å². The van der Waals surface area contributed by atoms with Crippen molar-refractivity contribution in [3.05, 3.63) is 107 Å². The molecular weight excluding hydrogens is 420 g/mol. The quantitative estimate of drug-likeness (QED) is 0.388. The number of carbonyl (C=O) groups is 1. The highest BCUT2D eigenvalue weighted by Crippen LogP contribution is 2.30. The van der Waals surface area contributed by atoms with E-state index in [-0.39, 0.29) is 5.91 Å². The molecular formula is C29H28N4O. The molecule has 0 bridgehead atoms. The fourth-order valence-electron chi connectivity index (χ4n) is 4.18. The molecule has 0 spiro atoms. The number of amides is 1. The number of nitrogens with zero attached hydrogens (tertiary/aromatic N) is 3. The molecule has 170 valence electrons. The van der Waals surface area contributed by atoms with Gasteiger partial charge in [0.1, 0.15) is 0 Å². The van der Waals surface area contributed by atoms with E-state index in [9.17, 15) is 4.79 Å². The second kappa shape index (κ2) is 10.6. The van der Waals surface area contributed by atoms with Crippen molar-refractivity contribution < 1.29 is 4.79 Å². The molecule has 5 heteroatoms. The number of hydrogen-bond donors (Lipinski definition) is 1. The second-order valence-electron chi connectivity index (χ2n) is 8.50. The molecule has 2 heterocycles. The summed E-state index contributed by atoms with van der Waals surface area (Å²) in [6.45, 7) is 4.72. The van der Waals surface area contributed by atoms with Crippen molar-refractivity contribution >= 4 is 5.91 Å². The van der Waals surface area contributed by atoms with Crippen LogP contribution >= 0.6 is 0 Å². The Morgan fingerprint density at radius 1 is 0.971 bits per heavy atom. The van der Waals surface area contributed by atoms with Crippen molar-refractivity contribution in [1.29, 1.82) is 5.26 Å². The van der Waals surface area contributed by atoms with E-state index in [4.69, 9.17) is 5.26 Å². The fourth-order valence-corrected chi connectivity index (χ4v) is 4.18. The summed E-state index contributed by atoms with van der Waals surface area (Å²) in [7, 11) is 0. The maximum atomic E-state index is 12.6. The SMILES string of the molecule is Cc1ccc(-c2ccc(CCC(=O)NCc3ccncc3)n2-c2ccc(CC#N)cc2)c(C)c1. The van der Waals surface area contributed by atoms with Gasteiger partial charge in [0.25, 0.3) is 0 Å². The van der Waals surface area contributed by atoms with Gasteiger partial charge in [-0.05, 0) is 73.4 Å². The van der Waals surface area contributed by atoms with Crippen LogP contribution in [0.2, 0.25) is 0 Å². The molecule has 0 saturated carbocycles. The highest BCUT2D eigenvalue weighted by Gasteiger charge is 2.15. The fraction of sp³-hybridized carbons (Fsp3) is 0.207. The lowest BCUT2D eigenvalue weighted by atomic mass is 10.0. The highest BCUT2D eigenvalue weighted by molar-refractivity contribution is 5.76. The predicted octanol–water partition coefficient (Wildman–Crippen LogP) is 5.47. The number of carbonyl (C=O) groups excluding carboxylic acids is 1. The Morgan fingerprint density at radius 3 is 2.44 bits per heavy atom. The van der Waals surface area contributed by atoms with E-state index < -0.39 is 0 Å². The largest absolute Gasteiger partial charge is 0.352 e. The van der Waals surface area contributed by atoms with Crippen molar-refractivity contribution in [2.45, 2.75) is 39.7 Å². The number of nitriles is 1. The third kappa shape index (κ3) is 5.41. The molecule has 5 nitrogen and oxygen atoms in total. The van der Waals surface area contributed by atoms with Crippen molar-refractivity contribution in [1.82, 2.24) is 14.9 Å². The summed E-state index contributed by atoms with van der Waals surface area (Å²) in [5, 5.41) is 12.0. The second-order valence-corrected chi connectivity index (χ2v) is 8.50. The zero-order valence-electron chi connectivity index (χ0n) is 19.6. The van der Waals surface area contributed by atoms with E-state index in [1.54, 1.807) is 12.4 Å². The summed E-state index contributed by atoms with van der Waals surface area (Å²) in [4.78, 5) is 16.6. The third-order valence-electron chi connectivity index (χ3n) is 5.94. The van der Waals surface area contributed by atoms with Crippen molar-refractivity contribution in [2.75, 3.05) is 0 Å². The average Bonchev–Trinajstić information content (AvgIpc) is 3.26. The van der Waals surface area contributed by atoms with E-state index in [0.717, 1.165) is 28.2 Å². The van der Waals surface area contributed by atoms with Gasteiger partial charge in [0.2, 0.25) is 5.91 Å². The molecule has 0 saturated heterocycles. The Bertz CT molecular complexity index is 1310. The normalized spacial score (nSPS) is 10.6. The van der Waals surface area contributed by atoms with E-state index in [0.29, 0.717) is 25.8 Å². The lowest BCUT2D eigenvalue weighted by molar-refractivity contribution is -0.121. The van der Waals surface area contributed by atoms with Crippen LogP contribution < -0.4 is 5.32 Å². The van der Waals surface area contributed by atoms with Gasteiger partial charge in [0, 0.05) is 42.3 Å². The molecule has 1 N–H and O–H groups in total. The van der Waals surface area contributed by atoms with Gasteiger partial charge in [-0.2, -0.15) is 5.26 Å². The van der Waals surface area contributed by atoms with Crippen LogP contribution in [0.25, 0.3) is 16.9 Å². The summed E-state index contributed by atoms with van der Waals surface area (Å²) in [6.07, 6.45) is 4.86. The highest BCUT2D eigenvalue weighted by atomic mass is 16.1. The zero-order chi connectivity index (χ0) is 23.9. The third-order valence-corrected chi connectivity index (χ3v) is 5.94. The van der Waals surface area contributed by atoms with Crippen LogP contribution in [0.3, 0.4) is 0 Å². The zero-order valence-corrected chi connectivity index (χ0v) is 19.6. The Balaban J connectivity index is 1.59. The number of pyridine rings is 1. The van der Waals surface area contributed by atoms with Crippen molar-refractivity contribution in [3.63, 3.8) is 0 Å². The van der Waals surface area contributed by atoms with Gasteiger partial charge in [-0.15, -0.1) is 0 Å². The Labute approximate surface area is 200 Å². The summed E-state index contributed by atoms with van der Waals surface area (Å²) in [5.74, 6) is 0.0157. The molecule has 2 aromatic carbocycles. The number of nitrogens with one attached hydrogen (secondary N) is 1. The lowest BCUT2D eigenvalue weighted by Crippen LogP contribution is -2.23. The van der Waals surface area contributed by atoms with E-state index in [2.05, 4.69) is 65.1 Å². The lowest BCUT2D eigenvalue weighted by Gasteiger charge is -2.16. The van der Waals surface area contributed by atoms with Gasteiger partial charge < -0.3 is 9.88 Å². The monoisotopic (exact) mass is 448 g/mol. The van der Waals surface area contributed by atoms with Crippen molar-refractivity contribution in [3.8, 4) is 23.0 Å². The predicted molar refractivity (Wildman–Crippen MR) is 134 cm³/mol. The number of aryl methyl sites for hydroxylation is 3. The average molecular weight is 449 g/mol. The first-order valence-electron chi connectivity index (χ1n) is 11.5. The van der Waals surface area contributed by atoms with Gasteiger partial charge in [-0.3, -0.25) is 9.78 Å². The maximum absolute atomic E-state index is 12.6. The standard InChI is InChI=1S/C29H28N4O/c1-21-3-10-27(22(2)19-21)28-11-8-26(33(28)25-6-4-23(5-7-25)13-16-30)9-12-29(34)32-20-24-14-17-31-18-15-24/h3-8,10-11,14-15,17-19H,9,12-13,20H2,1-2H3,(H,32,34). The van der Waals surface area contributed by atoms with E-state index in [1.165, 1.54) is 16.7 Å².